The summed E-state index contributed by atoms with van der Waals surface area (Å²) in [4.78, 5) is 0. The average Bonchev–Trinajstić information content (AvgIpc) is 3.43. The van der Waals surface area contributed by atoms with Gasteiger partial charge in [-0.2, -0.15) is 0 Å². The number of fused-ring (bicyclic) bond motifs is 5. The van der Waals surface area contributed by atoms with E-state index in [-0.39, 0.29) is 35.9 Å². The van der Waals surface area contributed by atoms with Crippen LogP contribution in [0.4, 0.5) is 0 Å². The summed E-state index contributed by atoms with van der Waals surface area (Å²) in [6.07, 6.45) is 9.15. The van der Waals surface area contributed by atoms with Crippen molar-refractivity contribution < 1.29 is 11.6 Å². The summed E-state index contributed by atoms with van der Waals surface area (Å²) in [6, 6.07) is 26.3. The molecule has 39 heavy (non-hydrogen) atoms. The lowest BCUT2D eigenvalue weighted by Gasteiger charge is -2.37. The van der Waals surface area contributed by atoms with Crippen LogP contribution in [0.15, 0.2) is 144 Å². The molecule has 0 amide bonds. The zero-order chi connectivity index (χ0) is 30.1. The molecule has 1 heteroatoms. The van der Waals surface area contributed by atoms with E-state index in [2.05, 4.69) is 72.8 Å². The van der Waals surface area contributed by atoms with E-state index in [0.717, 1.165) is 45.1 Å². The standard InChI is InChI=1S/C38H30O/c1-3-13-25(14-4-1)32-24-36-33(27-17-11-12-22-35(27)39-36)23-34(32)38-30-20-9-7-18-28(30)37(26-15-5-2-6-16-26)29-19-8-10-21-31(29)38/h1-5,7-15,17-22,24,28,30,33H,6,16,23H2/i2D,5D,6D,15D,16D. The summed E-state index contributed by atoms with van der Waals surface area (Å²) >= 11 is 0. The number of para-hydroxylation sites is 1. The fourth-order valence-corrected chi connectivity index (χ4v) is 6.85. The van der Waals surface area contributed by atoms with Crippen molar-refractivity contribution in [3.8, 4) is 5.75 Å². The maximum atomic E-state index is 9.01. The van der Waals surface area contributed by atoms with Crippen molar-refractivity contribution in [2.45, 2.75) is 25.1 Å². The molecular weight excluding hydrogens is 472 g/mol. The molecule has 4 aliphatic carbocycles. The van der Waals surface area contributed by atoms with Crippen molar-refractivity contribution in [2.75, 3.05) is 0 Å². The topological polar surface area (TPSA) is 9.23 Å². The second kappa shape index (κ2) is 9.13. The Hall–Kier alpha value is -4.36. The summed E-state index contributed by atoms with van der Waals surface area (Å²) in [5.74, 6) is 1.73. The van der Waals surface area contributed by atoms with E-state index in [1.165, 1.54) is 16.7 Å². The van der Waals surface area contributed by atoms with Gasteiger partial charge in [-0.3, -0.25) is 0 Å². The van der Waals surface area contributed by atoms with E-state index in [9.17, 15) is 0 Å². The van der Waals surface area contributed by atoms with Gasteiger partial charge in [0.25, 0.3) is 0 Å². The highest BCUT2D eigenvalue weighted by Crippen LogP contribution is 2.52. The lowest BCUT2D eigenvalue weighted by atomic mass is 9.66. The van der Waals surface area contributed by atoms with Crippen LogP contribution in [0.5, 0.6) is 5.75 Å². The molecule has 1 nitrogen and oxygen atoms in total. The number of allylic oxidation sites excluding steroid dienone is 12. The van der Waals surface area contributed by atoms with E-state index < -0.39 is 12.8 Å². The molecule has 8 rings (SSSR count). The second-order valence-corrected chi connectivity index (χ2v) is 10.5. The molecule has 5 unspecified atom stereocenters. The van der Waals surface area contributed by atoms with Crippen LogP contribution in [0.2, 0.25) is 0 Å². The molecule has 0 aromatic heterocycles. The van der Waals surface area contributed by atoms with Crippen LogP contribution >= 0.6 is 0 Å². The monoisotopic (exact) mass is 507 g/mol. The Morgan fingerprint density at radius 2 is 1.51 bits per heavy atom. The Morgan fingerprint density at radius 3 is 2.36 bits per heavy atom. The zero-order valence-corrected chi connectivity index (χ0v) is 21.4. The second-order valence-electron chi connectivity index (χ2n) is 10.5. The van der Waals surface area contributed by atoms with E-state index in [1.54, 1.807) is 0 Å². The van der Waals surface area contributed by atoms with Gasteiger partial charge in [-0.15, -0.1) is 0 Å². The van der Waals surface area contributed by atoms with E-state index >= 15 is 0 Å². The first-order valence-corrected chi connectivity index (χ1v) is 13.6. The first kappa shape index (κ1) is 18.0. The number of hydrogen-bond acceptors (Lipinski definition) is 1. The van der Waals surface area contributed by atoms with Crippen molar-refractivity contribution in [3.05, 3.63) is 166 Å². The molecule has 0 saturated heterocycles. The summed E-state index contributed by atoms with van der Waals surface area (Å²) in [5, 5.41) is 1.99. The molecule has 5 aliphatic rings. The van der Waals surface area contributed by atoms with Gasteiger partial charge < -0.3 is 4.74 Å². The van der Waals surface area contributed by atoms with Crippen LogP contribution in [0.1, 0.15) is 43.1 Å². The number of ether oxygens (including phenoxy) is 1. The predicted octanol–water partition coefficient (Wildman–Crippen LogP) is 7.55. The maximum absolute atomic E-state index is 9.01. The molecule has 0 spiro atoms. The van der Waals surface area contributed by atoms with Crippen molar-refractivity contribution >= 4 is 16.7 Å². The Labute approximate surface area is 236 Å². The van der Waals surface area contributed by atoms with Gasteiger partial charge in [0.1, 0.15) is 11.5 Å². The maximum Gasteiger partial charge on any atom is 0.130 e. The highest BCUT2D eigenvalue weighted by atomic mass is 16.5. The van der Waals surface area contributed by atoms with Crippen LogP contribution in [0.25, 0.3) is 16.7 Å². The quantitative estimate of drug-likeness (QED) is 0.356. The Kier molecular flexibility index (Phi) is 4.22. The third-order valence-electron chi connectivity index (χ3n) is 8.50. The minimum atomic E-state index is -1.20. The number of benzene rings is 3. The summed E-state index contributed by atoms with van der Waals surface area (Å²) in [5.41, 5.74) is 7.16. The van der Waals surface area contributed by atoms with Gasteiger partial charge in [0.2, 0.25) is 0 Å². The Balaban J connectivity index is 1.46. The van der Waals surface area contributed by atoms with Gasteiger partial charge in [0.05, 0.1) is 4.11 Å². The summed E-state index contributed by atoms with van der Waals surface area (Å²) in [7, 11) is 0. The molecule has 0 saturated carbocycles. The van der Waals surface area contributed by atoms with E-state index in [1.807, 2.05) is 36.4 Å². The fraction of sp³-hybridized carbons (Fsp3) is 0.158. The smallest absolute Gasteiger partial charge is 0.130 e. The predicted molar refractivity (Wildman–Crippen MR) is 160 cm³/mol. The molecule has 0 bridgehead atoms. The van der Waals surface area contributed by atoms with E-state index in [4.69, 9.17) is 11.6 Å². The molecule has 0 fully saturated rings. The van der Waals surface area contributed by atoms with Crippen molar-refractivity contribution in [1.29, 1.82) is 0 Å². The molecule has 188 valence electrons. The SMILES string of the molecule is [2H]C1=C([2H])C([2H])C([2H])C(C2=c3ccccc3=C(C3=C(c4ccccc4)C=C4Oc5ccccc5C4C3)C3C=CC=CC23)=C1[2H]. The van der Waals surface area contributed by atoms with Gasteiger partial charge in [-0.1, -0.05) is 115 Å². The van der Waals surface area contributed by atoms with Gasteiger partial charge in [-0.05, 0) is 75.2 Å². The minimum Gasteiger partial charge on any atom is -0.461 e. The van der Waals surface area contributed by atoms with Crippen LogP contribution < -0.4 is 15.2 Å². The molecule has 1 heterocycles. The van der Waals surface area contributed by atoms with Gasteiger partial charge in [0, 0.05) is 26.1 Å². The molecule has 3 aromatic rings. The van der Waals surface area contributed by atoms with E-state index in [0.29, 0.717) is 5.57 Å². The first-order chi connectivity index (χ1) is 21.4. The summed E-state index contributed by atoms with van der Waals surface area (Å²) in [6.45, 7) is 0. The molecule has 5 atom stereocenters. The van der Waals surface area contributed by atoms with Crippen LogP contribution in [0.3, 0.4) is 0 Å². The van der Waals surface area contributed by atoms with Crippen molar-refractivity contribution in [3.63, 3.8) is 0 Å². The van der Waals surface area contributed by atoms with Crippen LogP contribution in [-0.2, 0) is 0 Å². The third kappa shape index (κ3) is 3.61. The van der Waals surface area contributed by atoms with Gasteiger partial charge >= 0.3 is 0 Å². The normalized spacial score (nSPS) is 30.7. The van der Waals surface area contributed by atoms with Crippen LogP contribution in [0, 0.1) is 11.8 Å². The highest BCUT2D eigenvalue weighted by molar-refractivity contribution is 5.92. The third-order valence-corrected chi connectivity index (χ3v) is 8.50. The number of rotatable bonds is 3. The van der Waals surface area contributed by atoms with Gasteiger partial charge in [-0.25, -0.2) is 0 Å². The lowest BCUT2D eigenvalue weighted by Crippen LogP contribution is -2.41. The zero-order valence-electron chi connectivity index (χ0n) is 26.4. The Morgan fingerprint density at radius 1 is 0.795 bits per heavy atom. The molecule has 0 radical (unpaired) electrons. The fourth-order valence-electron chi connectivity index (χ4n) is 6.85. The average molecular weight is 508 g/mol. The Bertz CT molecular complexity index is 2050. The molecule has 1 aliphatic heterocycles. The summed E-state index contributed by atoms with van der Waals surface area (Å²) < 4.78 is 49.6. The number of hydrogen-bond donors (Lipinski definition) is 0. The molecular formula is C38H30O. The molecule has 3 aromatic carbocycles. The minimum absolute atomic E-state index is 0.0710. The first-order valence-electron chi connectivity index (χ1n) is 16.3. The van der Waals surface area contributed by atoms with Crippen LogP contribution in [-0.4, -0.2) is 0 Å². The van der Waals surface area contributed by atoms with Crippen molar-refractivity contribution in [1.82, 2.24) is 0 Å². The largest absolute Gasteiger partial charge is 0.461 e. The highest BCUT2D eigenvalue weighted by Gasteiger charge is 2.39. The van der Waals surface area contributed by atoms with Crippen molar-refractivity contribution in [2.24, 2.45) is 11.8 Å². The van der Waals surface area contributed by atoms with Gasteiger partial charge in [0.15, 0.2) is 0 Å². The lowest BCUT2D eigenvalue weighted by molar-refractivity contribution is 0.424. The molecule has 0 N–H and O–H groups in total.